The Balaban J connectivity index is 3.31. The first-order valence-electron chi connectivity index (χ1n) is 2.53. The van der Waals surface area contributed by atoms with Crippen molar-refractivity contribution >= 4 is 6.47 Å². The molecule has 0 aliphatic carbocycles. The van der Waals surface area contributed by atoms with E-state index in [1.165, 1.54) is 0 Å². The molecule has 0 radical (unpaired) electrons. The monoisotopic (exact) mass is 114 g/mol. The van der Waals surface area contributed by atoms with Crippen LogP contribution in [0.5, 0.6) is 0 Å². The number of carbonyl (C=O) groups is 1. The van der Waals surface area contributed by atoms with E-state index in [0.717, 1.165) is 0 Å². The summed E-state index contributed by atoms with van der Waals surface area (Å²) in [4.78, 5) is 9.63. The topological polar surface area (TPSA) is 26.3 Å². The molecule has 0 saturated carbocycles. The van der Waals surface area contributed by atoms with Gasteiger partial charge in [-0.25, -0.2) is 0 Å². The average molecular weight is 114 g/mol. The average Bonchev–Trinajstić information content (AvgIpc) is 1.68. The Morgan fingerprint density at radius 2 is 2.25 bits per heavy atom. The van der Waals surface area contributed by atoms with Crippen molar-refractivity contribution in [3.05, 3.63) is 12.2 Å². The van der Waals surface area contributed by atoms with Crippen molar-refractivity contribution in [2.75, 3.05) is 0 Å². The molecule has 0 amide bonds. The maximum atomic E-state index is 9.63. The Bertz CT molecular complexity index is 86.5. The van der Waals surface area contributed by atoms with Crippen LogP contribution in [0.2, 0.25) is 0 Å². The third-order valence-corrected chi connectivity index (χ3v) is 0.734. The van der Waals surface area contributed by atoms with E-state index in [1.54, 1.807) is 13.0 Å². The number of carbonyl (C=O) groups excluding carboxylic acids is 1. The highest BCUT2D eigenvalue weighted by Gasteiger charge is 1.89. The van der Waals surface area contributed by atoms with Gasteiger partial charge in [-0.15, -0.1) is 0 Å². The minimum Gasteiger partial charge on any atom is -0.461 e. The Morgan fingerprint density at radius 1 is 1.62 bits per heavy atom. The van der Waals surface area contributed by atoms with Gasteiger partial charge >= 0.3 is 0 Å². The van der Waals surface area contributed by atoms with Gasteiger partial charge in [-0.2, -0.15) is 0 Å². The van der Waals surface area contributed by atoms with Crippen molar-refractivity contribution in [3.8, 4) is 0 Å². The van der Waals surface area contributed by atoms with Crippen molar-refractivity contribution in [1.82, 2.24) is 0 Å². The van der Waals surface area contributed by atoms with E-state index in [9.17, 15) is 4.79 Å². The number of hydrogen-bond donors (Lipinski definition) is 0. The van der Waals surface area contributed by atoms with E-state index in [2.05, 4.69) is 4.74 Å². The lowest BCUT2D eigenvalue weighted by atomic mass is 10.4. The second-order valence-electron chi connectivity index (χ2n) is 1.46. The van der Waals surface area contributed by atoms with E-state index in [4.69, 9.17) is 0 Å². The van der Waals surface area contributed by atoms with Crippen molar-refractivity contribution in [1.29, 1.82) is 0 Å². The quantitative estimate of drug-likeness (QED) is 0.406. The summed E-state index contributed by atoms with van der Waals surface area (Å²) >= 11 is 0. The molecule has 0 aromatic rings. The SMILES string of the molecule is C/C=C/[C@H](C)OC=O. The molecular weight excluding hydrogens is 104 g/mol. The third-order valence-electron chi connectivity index (χ3n) is 0.734. The van der Waals surface area contributed by atoms with Crippen LogP contribution in [0, 0.1) is 0 Å². The molecule has 0 aromatic heterocycles. The van der Waals surface area contributed by atoms with Crippen LogP contribution >= 0.6 is 0 Å². The summed E-state index contributed by atoms with van der Waals surface area (Å²) in [5.74, 6) is 0. The summed E-state index contributed by atoms with van der Waals surface area (Å²) in [6, 6.07) is 0. The van der Waals surface area contributed by atoms with E-state index in [0.29, 0.717) is 6.47 Å². The number of ether oxygens (including phenoxy) is 1. The maximum Gasteiger partial charge on any atom is 0.293 e. The lowest BCUT2D eigenvalue weighted by Crippen LogP contribution is -2.00. The summed E-state index contributed by atoms with van der Waals surface area (Å²) in [6.45, 7) is 4.13. The molecule has 0 fully saturated rings. The lowest BCUT2D eigenvalue weighted by molar-refractivity contribution is -0.130. The van der Waals surface area contributed by atoms with E-state index < -0.39 is 0 Å². The lowest BCUT2D eigenvalue weighted by Gasteiger charge is -1.99. The van der Waals surface area contributed by atoms with Crippen molar-refractivity contribution in [2.45, 2.75) is 20.0 Å². The molecule has 0 rings (SSSR count). The van der Waals surface area contributed by atoms with Crippen LogP contribution in [-0.4, -0.2) is 12.6 Å². The van der Waals surface area contributed by atoms with Gasteiger partial charge in [0.1, 0.15) is 6.10 Å². The van der Waals surface area contributed by atoms with Crippen LogP contribution in [0.1, 0.15) is 13.8 Å². The Labute approximate surface area is 49.1 Å². The fourth-order valence-corrected chi connectivity index (χ4v) is 0.404. The van der Waals surface area contributed by atoms with E-state index in [1.807, 2.05) is 13.0 Å². The summed E-state index contributed by atoms with van der Waals surface area (Å²) in [5.41, 5.74) is 0. The van der Waals surface area contributed by atoms with Gasteiger partial charge in [-0.1, -0.05) is 6.08 Å². The predicted molar refractivity (Wildman–Crippen MR) is 31.4 cm³/mol. The van der Waals surface area contributed by atoms with Gasteiger partial charge in [-0.3, -0.25) is 4.79 Å². The first-order valence-corrected chi connectivity index (χ1v) is 2.53. The number of hydrogen-bond acceptors (Lipinski definition) is 2. The van der Waals surface area contributed by atoms with Crippen LogP contribution in [0.15, 0.2) is 12.2 Å². The minimum absolute atomic E-state index is 0.0856. The van der Waals surface area contributed by atoms with Crippen molar-refractivity contribution < 1.29 is 9.53 Å². The van der Waals surface area contributed by atoms with Gasteiger partial charge in [0, 0.05) is 0 Å². The highest BCUT2D eigenvalue weighted by Crippen LogP contribution is 1.87. The molecular formula is C6H10O2. The fourth-order valence-electron chi connectivity index (χ4n) is 0.404. The van der Waals surface area contributed by atoms with E-state index in [-0.39, 0.29) is 6.10 Å². The third kappa shape index (κ3) is 3.40. The molecule has 2 heteroatoms. The summed E-state index contributed by atoms with van der Waals surface area (Å²) < 4.78 is 4.51. The predicted octanol–water partition coefficient (Wildman–Crippen LogP) is 1.12. The standard InChI is InChI=1S/C6H10O2/c1-3-4-6(2)8-5-7/h3-6H,1-2H3/b4-3+/t6-/m0/s1. The molecule has 0 spiro atoms. The smallest absolute Gasteiger partial charge is 0.293 e. The Kier molecular flexibility index (Phi) is 3.94. The largest absolute Gasteiger partial charge is 0.461 e. The summed E-state index contributed by atoms with van der Waals surface area (Å²) in [5, 5.41) is 0. The second kappa shape index (κ2) is 4.37. The molecule has 1 atom stereocenters. The van der Waals surface area contributed by atoms with Crippen LogP contribution in [0.25, 0.3) is 0 Å². The van der Waals surface area contributed by atoms with Gasteiger partial charge in [0.25, 0.3) is 6.47 Å². The first-order chi connectivity index (χ1) is 3.81. The number of allylic oxidation sites excluding steroid dienone is 1. The summed E-state index contributed by atoms with van der Waals surface area (Å²) in [7, 11) is 0. The highest BCUT2D eigenvalue weighted by molar-refractivity contribution is 5.37. The van der Waals surface area contributed by atoms with Crippen molar-refractivity contribution in [2.24, 2.45) is 0 Å². The van der Waals surface area contributed by atoms with Gasteiger partial charge < -0.3 is 4.74 Å². The van der Waals surface area contributed by atoms with Crippen LogP contribution in [-0.2, 0) is 9.53 Å². The molecule has 0 heterocycles. The molecule has 0 aliphatic rings. The maximum absolute atomic E-state index is 9.63. The van der Waals surface area contributed by atoms with Gasteiger partial charge in [0.05, 0.1) is 0 Å². The van der Waals surface area contributed by atoms with Gasteiger partial charge in [-0.05, 0) is 19.9 Å². The second-order valence-corrected chi connectivity index (χ2v) is 1.46. The van der Waals surface area contributed by atoms with Gasteiger partial charge in [0.2, 0.25) is 0 Å². The molecule has 0 N–H and O–H groups in total. The van der Waals surface area contributed by atoms with Crippen LogP contribution in [0.3, 0.4) is 0 Å². The normalized spacial score (nSPS) is 13.8. The molecule has 0 bridgehead atoms. The van der Waals surface area contributed by atoms with Gasteiger partial charge in [0.15, 0.2) is 0 Å². The van der Waals surface area contributed by atoms with Crippen molar-refractivity contribution in [3.63, 3.8) is 0 Å². The fraction of sp³-hybridized carbons (Fsp3) is 0.500. The zero-order chi connectivity index (χ0) is 6.41. The molecule has 0 aromatic carbocycles. The summed E-state index contributed by atoms with van der Waals surface area (Å²) in [6.07, 6.45) is 3.56. The Hall–Kier alpha value is -0.790. The number of rotatable bonds is 3. The molecule has 0 saturated heterocycles. The highest BCUT2D eigenvalue weighted by atomic mass is 16.5. The minimum atomic E-state index is -0.0856. The van der Waals surface area contributed by atoms with E-state index >= 15 is 0 Å². The first kappa shape index (κ1) is 7.21. The zero-order valence-electron chi connectivity index (χ0n) is 5.13. The zero-order valence-corrected chi connectivity index (χ0v) is 5.13. The van der Waals surface area contributed by atoms with Crippen LogP contribution in [0.4, 0.5) is 0 Å². The Morgan fingerprint density at radius 3 is 2.62 bits per heavy atom. The molecule has 0 unspecified atom stereocenters. The molecule has 0 aliphatic heterocycles. The molecule has 2 nitrogen and oxygen atoms in total. The molecule has 8 heavy (non-hydrogen) atoms. The molecule has 46 valence electrons. The van der Waals surface area contributed by atoms with Crippen LogP contribution < -0.4 is 0 Å².